The van der Waals surface area contributed by atoms with Gasteiger partial charge in [0.25, 0.3) is 0 Å². The Morgan fingerprint density at radius 2 is 1.59 bits per heavy atom. The molecule has 1 aliphatic rings. The lowest BCUT2D eigenvalue weighted by molar-refractivity contribution is -0.134. The highest BCUT2D eigenvalue weighted by atomic mass is 16.6. The maximum Gasteiger partial charge on any atom is 0.407 e. The standard InChI is InChI=1S/C35H44N4O5/c1-35(2,3)44-34(42)38-31(22-27-14-16-29(17-15-27)43-25-28-12-8-5-9-13-28)30-19-21-39(33(41)23-37-30)24-32(40)36-20-18-26-10-6-4-7-11-26/h4-17,30-31,37H,18-25H2,1-3H3,(H,36,40)(H,38,42)/t30?,31-/m0/s1. The first kappa shape index (κ1) is 32.5. The van der Waals surface area contributed by atoms with Gasteiger partial charge < -0.3 is 30.3 Å². The second-order valence-electron chi connectivity index (χ2n) is 12.1. The average molecular weight is 601 g/mol. The van der Waals surface area contributed by atoms with Gasteiger partial charge in [0.2, 0.25) is 11.8 Å². The monoisotopic (exact) mass is 600 g/mol. The Kier molecular flexibility index (Phi) is 11.8. The van der Waals surface area contributed by atoms with Crippen LogP contribution in [0.2, 0.25) is 0 Å². The fourth-order valence-corrected chi connectivity index (χ4v) is 5.05. The number of ether oxygens (including phenoxy) is 2. The molecular formula is C35H44N4O5. The summed E-state index contributed by atoms with van der Waals surface area (Å²) in [5.74, 6) is 0.414. The highest BCUT2D eigenvalue weighted by molar-refractivity contribution is 5.85. The Morgan fingerprint density at radius 1 is 0.932 bits per heavy atom. The van der Waals surface area contributed by atoms with Gasteiger partial charge in [-0.05, 0) is 68.9 Å². The van der Waals surface area contributed by atoms with Crippen LogP contribution >= 0.6 is 0 Å². The summed E-state index contributed by atoms with van der Waals surface area (Å²) in [6.07, 6.45) is 1.28. The molecule has 0 bridgehead atoms. The maximum atomic E-state index is 12.9. The molecule has 1 heterocycles. The molecule has 2 atom stereocenters. The number of nitrogens with one attached hydrogen (secondary N) is 3. The second kappa shape index (κ2) is 15.9. The smallest absolute Gasteiger partial charge is 0.407 e. The Morgan fingerprint density at radius 3 is 2.25 bits per heavy atom. The Bertz CT molecular complexity index is 1340. The molecule has 0 radical (unpaired) electrons. The lowest BCUT2D eigenvalue weighted by atomic mass is 9.97. The first-order valence-electron chi connectivity index (χ1n) is 15.2. The zero-order valence-corrected chi connectivity index (χ0v) is 25.9. The number of nitrogens with zero attached hydrogens (tertiary/aromatic N) is 1. The molecule has 1 saturated heterocycles. The molecule has 234 valence electrons. The van der Waals surface area contributed by atoms with Crippen LogP contribution in [0.25, 0.3) is 0 Å². The molecule has 9 nitrogen and oxygen atoms in total. The van der Waals surface area contributed by atoms with Gasteiger partial charge >= 0.3 is 6.09 Å². The molecule has 3 aromatic rings. The van der Waals surface area contributed by atoms with Crippen molar-refractivity contribution in [1.82, 2.24) is 20.9 Å². The highest BCUT2D eigenvalue weighted by Gasteiger charge is 2.31. The van der Waals surface area contributed by atoms with Crippen LogP contribution in [-0.4, -0.2) is 66.7 Å². The van der Waals surface area contributed by atoms with Crippen LogP contribution in [-0.2, 0) is 33.8 Å². The molecule has 9 heteroatoms. The van der Waals surface area contributed by atoms with Gasteiger partial charge in [0.1, 0.15) is 18.0 Å². The quantitative estimate of drug-likeness (QED) is 0.287. The molecule has 3 amide bonds. The van der Waals surface area contributed by atoms with E-state index in [0.717, 1.165) is 28.9 Å². The van der Waals surface area contributed by atoms with Crippen LogP contribution in [0.5, 0.6) is 5.75 Å². The number of hydrogen-bond donors (Lipinski definition) is 3. The molecule has 1 unspecified atom stereocenters. The molecule has 3 aromatic carbocycles. The summed E-state index contributed by atoms with van der Waals surface area (Å²) in [5.41, 5.74) is 2.59. The van der Waals surface area contributed by atoms with Gasteiger partial charge in [-0.2, -0.15) is 0 Å². The number of amides is 3. The van der Waals surface area contributed by atoms with Crippen molar-refractivity contribution in [3.05, 3.63) is 102 Å². The number of hydrogen-bond acceptors (Lipinski definition) is 6. The van der Waals surface area contributed by atoms with E-state index in [4.69, 9.17) is 9.47 Å². The minimum absolute atomic E-state index is 0.00335. The second-order valence-corrected chi connectivity index (χ2v) is 12.1. The van der Waals surface area contributed by atoms with Gasteiger partial charge in [-0.25, -0.2) is 4.79 Å². The van der Waals surface area contributed by atoms with Crippen molar-refractivity contribution in [3.8, 4) is 5.75 Å². The summed E-state index contributed by atoms with van der Waals surface area (Å²) in [6.45, 7) is 6.90. The lowest BCUT2D eigenvalue weighted by Gasteiger charge is -2.29. The van der Waals surface area contributed by atoms with Crippen molar-refractivity contribution < 1.29 is 23.9 Å². The van der Waals surface area contributed by atoms with Crippen LogP contribution < -0.4 is 20.7 Å². The van der Waals surface area contributed by atoms with Crippen LogP contribution in [0.3, 0.4) is 0 Å². The van der Waals surface area contributed by atoms with E-state index in [-0.39, 0.29) is 37.0 Å². The van der Waals surface area contributed by atoms with E-state index < -0.39 is 11.7 Å². The summed E-state index contributed by atoms with van der Waals surface area (Å²) in [6, 6.07) is 27.2. The van der Waals surface area contributed by atoms with Crippen molar-refractivity contribution in [2.75, 3.05) is 26.2 Å². The number of benzene rings is 3. The third-order valence-corrected chi connectivity index (χ3v) is 7.31. The van der Waals surface area contributed by atoms with Crippen molar-refractivity contribution >= 4 is 17.9 Å². The fraction of sp³-hybridized carbons (Fsp3) is 0.400. The van der Waals surface area contributed by atoms with Gasteiger partial charge in [0.15, 0.2) is 0 Å². The van der Waals surface area contributed by atoms with E-state index >= 15 is 0 Å². The summed E-state index contributed by atoms with van der Waals surface area (Å²) < 4.78 is 11.5. The van der Waals surface area contributed by atoms with E-state index in [2.05, 4.69) is 16.0 Å². The zero-order valence-electron chi connectivity index (χ0n) is 25.9. The van der Waals surface area contributed by atoms with E-state index in [1.54, 1.807) is 4.90 Å². The molecule has 0 saturated carbocycles. The molecular weight excluding hydrogens is 556 g/mol. The largest absolute Gasteiger partial charge is 0.489 e. The summed E-state index contributed by atoms with van der Waals surface area (Å²) in [4.78, 5) is 40.0. The molecule has 0 aliphatic carbocycles. The molecule has 4 rings (SSSR count). The number of rotatable bonds is 12. The molecule has 0 aromatic heterocycles. The first-order chi connectivity index (χ1) is 21.1. The van der Waals surface area contributed by atoms with Gasteiger partial charge in [-0.1, -0.05) is 72.8 Å². The Labute approximate surface area is 260 Å². The summed E-state index contributed by atoms with van der Waals surface area (Å²) in [7, 11) is 0. The molecule has 3 N–H and O–H groups in total. The molecule has 0 spiro atoms. The van der Waals surface area contributed by atoms with E-state index in [1.807, 2.05) is 106 Å². The van der Waals surface area contributed by atoms with Crippen LogP contribution in [0, 0.1) is 0 Å². The van der Waals surface area contributed by atoms with Gasteiger partial charge in [0.05, 0.1) is 19.1 Å². The number of carbonyl (C=O) groups excluding carboxylic acids is 3. The van der Waals surface area contributed by atoms with Crippen molar-refractivity contribution in [2.45, 2.75) is 64.3 Å². The zero-order chi connectivity index (χ0) is 31.4. The summed E-state index contributed by atoms with van der Waals surface area (Å²) >= 11 is 0. The SMILES string of the molecule is CC(C)(C)OC(=O)N[C@@H](Cc1ccc(OCc2ccccc2)cc1)C1CCN(CC(=O)NCCc2ccccc2)C(=O)CN1. The van der Waals surface area contributed by atoms with E-state index in [0.29, 0.717) is 32.5 Å². The first-order valence-corrected chi connectivity index (χ1v) is 15.2. The van der Waals surface area contributed by atoms with E-state index in [1.165, 1.54) is 0 Å². The van der Waals surface area contributed by atoms with E-state index in [9.17, 15) is 14.4 Å². The predicted molar refractivity (Wildman–Crippen MR) is 170 cm³/mol. The van der Waals surface area contributed by atoms with Gasteiger partial charge in [0, 0.05) is 19.1 Å². The predicted octanol–water partition coefficient (Wildman–Crippen LogP) is 4.25. The highest BCUT2D eigenvalue weighted by Crippen LogP contribution is 2.18. The van der Waals surface area contributed by atoms with Crippen LogP contribution in [0.4, 0.5) is 4.79 Å². The molecule has 44 heavy (non-hydrogen) atoms. The fourth-order valence-electron chi connectivity index (χ4n) is 5.05. The van der Waals surface area contributed by atoms with Crippen molar-refractivity contribution in [1.29, 1.82) is 0 Å². The molecule has 1 aliphatic heterocycles. The third kappa shape index (κ3) is 11.0. The molecule has 1 fully saturated rings. The third-order valence-electron chi connectivity index (χ3n) is 7.31. The minimum atomic E-state index is -0.649. The Hall–Kier alpha value is -4.37. The van der Waals surface area contributed by atoms with Crippen molar-refractivity contribution in [3.63, 3.8) is 0 Å². The van der Waals surface area contributed by atoms with Crippen LogP contribution in [0.15, 0.2) is 84.9 Å². The topological polar surface area (TPSA) is 109 Å². The normalized spacial score (nSPS) is 16.0. The average Bonchev–Trinajstić information content (AvgIpc) is 3.17. The number of alkyl carbamates (subject to hydrolysis) is 1. The Balaban J connectivity index is 1.35. The van der Waals surface area contributed by atoms with Gasteiger partial charge in [-0.15, -0.1) is 0 Å². The maximum absolute atomic E-state index is 12.9. The lowest BCUT2D eigenvalue weighted by Crippen LogP contribution is -2.52. The minimum Gasteiger partial charge on any atom is -0.489 e. The number of carbonyl (C=O) groups is 3. The summed E-state index contributed by atoms with van der Waals surface area (Å²) in [5, 5.41) is 9.27. The van der Waals surface area contributed by atoms with Gasteiger partial charge in [-0.3, -0.25) is 9.59 Å². The van der Waals surface area contributed by atoms with Crippen molar-refractivity contribution in [2.24, 2.45) is 0 Å². The van der Waals surface area contributed by atoms with Crippen LogP contribution in [0.1, 0.15) is 43.9 Å².